The Labute approximate surface area is 145 Å². The molecule has 8 heteroatoms. The predicted octanol–water partition coefficient (Wildman–Crippen LogP) is 4.00. The van der Waals surface area contributed by atoms with E-state index >= 15 is 0 Å². The fourth-order valence-electron chi connectivity index (χ4n) is 2.78. The van der Waals surface area contributed by atoms with Crippen LogP contribution >= 0.6 is 27.5 Å². The minimum atomic E-state index is 0.0751. The molecule has 1 aliphatic heterocycles. The second-order valence-corrected chi connectivity index (χ2v) is 7.00. The molecule has 1 fully saturated rings. The molecule has 1 unspecified atom stereocenters. The second kappa shape index (κ2) is 6.01. The first-order chi connectivity index (χ1) is 11.2. The number of aryl methyl sites for hydroxylation is 1. The Balaban J connectivity index is 1.65. The van der Waals surface area contributed by atoms with Crippen LogP contribution in [0.5, 0.6) is 0 Å². The largest absolute Gasteiger partial charge is 0.337 e. The summed E-state index contributed by atoms with van der Waals surface area (Å²) in [6.45, 7) is 2.84. The number of halogens is 1. The zero-order chi connectivity index (χ0) is 15.8. The Morgan fingerprint density at radius 1 is 1.30 bits per heavy atom. The fraction of sp³-hybridized carbons (Fsp3) is 0.333. The van der Waals surface area contributed by atoms with E-state index in [2.05, 4.69) is 40.3 Å². The van der Waals surface area contributed by atoms with Gasteiger partial charge in [0.15, 0.2) is 0 Å². The van der Waals surface area contributed by atoms with Crippen molar-refractivity contribution in [2.75, 3.05) is 11.4 Å². The summed E-state index contributed by atoms with van der Waals surface area (Å²) in [5.74, 6) is 2.05. The molecule has 1 atom stereocenters. The van der Waals surface area contributed by atoms with Crippen LogP contribution in [-0.4, -0.2) is 26.0 Å². The van der Waals surface area contributed by atoms with E-state index < -0.39 is 0 Å². The third-order valence-corrected chi connectivity index (χ3v) is 5.39. The van der Waals surface area contributed by atoms with Gasteiger partial charge < -0.3 is 9.42 Å². The van der Waals surface area contributed by atoms with E-state index in [4.69, 9.17) is 4.52 Å². The average Bonchev–Trinajstić information content (AvgIpc) is 3.26. The van der Waals surface area contributed by atoms with E-state index in [1.54, 1.807) is 0 Å². The van der Waals surface area contributed by atoms with Gasteiger partial charge in [-0.05, 0) is 31.9 Å². The summed E-state index contributed by atoms with van der Waals surface area (Å²) in [5, 5.41) is 5.07. The van der Waals surface area contributed by atoms with E-state index in [-0.39, 0.29) is 6.04 Å². The average molecular weight is 392 g/mol. The van der Waals surface area contributed by atoms with Crippen LogP contribution in [0.1, 0.15) is 30.6 Å². The van der Waals surface area contributed by atoms with Crippen LogP contribution in [0, 0.1) is 6.92 Å². The summed E-state index contributed by atoms with van der Waals surface area (Å²) in [4.78, 5) is 11.3. The van der Waals surface area contributed by atoms with Gasteiger partial charge in [-0.1, -0.05) is 33.2 Å². The minimum Gasteiger partial charge on any atom is -0.337 e. The summed E-state index contributed by atoms with van der Waals surface area (Å²) in [5.41, 5.74) is 0.929. The molecule has 2 aromatic heterocycles. The van der Waals surface area contributed by atoms with Gasteiger partial charge in [0.25, 0.3) is 0 Å². The van der Waals surface area contributed by atoms with Crippen LogP contribution in [0.15, 0.2) is 33.3 Å². The van der Waals surface area contributed by atoms with E-state index in [9.17, 15) is 0 Å². The van der Waals surface area contributed by atoms with Gasteiger partial charge >= 0.3 is 0 Å². The summed E-state index contributed by atoms with van der Waals surface area (Å²) in [6.07, 6.45) is 2.06. The molecule has 0 N–H and O–H groups in total. The van der Waals surface area contributed by atoms with Crippen molar-refractivity contribution in [1.82, 2.24) is 19.5 Å². The van der Waals surface area contributed by atoms with E-state index in [1.807, 2.05) is 31.2 Å². The standard InChI is InChI=1S/C15H14BrN5OS/c1-9-17-15(23-20-9)21-8-4-7-12(21)14-18-13(19-22-14)10-5-2-3-6-11(10)16/h2-3,5-6,12H,4,7-8H2,1H3. The van der Waals surface area contributed by atoms with Crippen LogP contribution in [0.3, 0.4) is 0 Å². The fourth-order valence-corrected chi connectivity index (χ4v) is 3.99. The van der Waals surface area contributed by atoms with Crippen molar-refractivity contribution in [2.24, 2.45) is 0 Å². The van der Waals surface area contributed by atoms with Crippen LogP contribution in [-0.2, 0) is 0 Å². The highest BCUT2D eigenvalue weighted by Gasteiger charge is 2.33. The van der Waals surface area contributed by atoms with Crippen molar-refractivity contribution >= 4 is 32.6 Å². The smallest absolute Gasteiger partial charge is 0.249 e. The van der Waals surface area contributed by atoms with Crippen molar-refractivity contribution in [1.29, 1.82) is 0 Å². The van der Waals surface area contributed by atoms with Gasteiger partial charge in [-0.15, -0.1) is 0 Å². The number of aromatic nitrogens is 4. The van der Waals surface area contributed by atoms with E-state index in [1.165, 1.54) is 11.5 Å². The molecular formula is C15H14BrN5OS. The topological polar surface area (TPSA) is 67.9 Å². The Kier molecular flexibility index (Phi) is 3.86. The van der Waals surface area contributed by atoms with Gasteiger partial charge in [0, 0.05) is 28.1 Å². The quantitative estimate of drug-likeness (QED) is 0.671. The summed E-state index contributed by atoms with van der Waals surface area (Å²) >= 11 is 4.95. The Bertz CT molecular complexity index is 833. The molecule has 0 spiro atoms. The first-order valence-corrected chi connectivity index (χ1v) is 8.94. The molecule has 0 bridgehead atoms. The molecule has 0 aliphatic carbocycles. The highest BCUT2D eigenvalue weighted by molar-refractivity contribution is 9.10. The highest BCUT2D eigenvalue weighted by atomic mass is 79.9. The zero-order valence-corrected chi connectivity index (χ0v) is 14.8. The Morgan fingerprint density at radius 3 is 2.96 bits per heavy atom. The Morgan fingerprint density at radius 2 is 2.17 bits per heavy atom. The monoisotopic (exact) mass is 391 g/mol. The van der Waals surface area contributed by atoms with Crippen molar-refractivity contribution in [3.05, 3.63) is 40.5 Å². The SMILES string of the molecule is Cc1nsc(N2CCCC2c2nc(-c3ccccc3Br)no2)n1. The van der Waals surface area contributed by atoms with E-state index in [0.717, 1.165) is 40.4 Å². The van der Waals surface area contributed by atoms with Gasteiger partial charge in [0.1, 0.15) is 11.9 Å². The first kappa shape index (κ1) is 14.8. The van der Waals surface area contributed by atoms with Gasteiger partial charge in [-0.25, -0.2) is 4.98 Å². The number of benzene rings is 1. The number of nitrogens with zero attached hydrogens (tertiary/aromatic N) is 5. The number of anilines is 1. The molecule has 1 saturated heterocycles. The number of rotatable bonds is 3. The lowest BCUT2D eigenvalue weighted by molar-refractivity contribution is 0.355. The zero-order valence-electron chi connectivity index (χ0n) is 12.4. The molecule has 0 amide bonds. The molecule has 0 saturated carbocycles. The number of hydrogen-bond donors (Lipinski definition) is 0. The lowest BCUT2D eigenvalue weighted by atomic mass is 10.2. The van der Waals surface area contributed by atoms with Crippen molar-refractivity contribution < 1.29 is 4.52 Å². The Hall–Kier alpha value is -1.80. The lowest BCUT2D eigenvalue weighted by Gasteiger charge is -2.19. The van der Waals surface area contributed by atoms with Crippen LogP contribution in [0.25, 0.3) is 11.4 Å². The first-order valence-electron chi connectivity index (χ1n) is 7.38. The normalized spacial score (nSPS) is 17.8. The maximum Gasteiger partial charge on any atom is 0.249 e. The third kappa shape index (κ3) is 2.76. The summed E-state index contributed by atoms with van der Waals surface area (Å²) in [6, 6.07) is 7.94. The lowest BCUT2D eigenvalue weighted by Crippen LogP contribution is -2.22. The number of hydrogen-bond acceptors (Lipinski definition) is 7. The van der Waals surface area contributed by atoms with Crippen molar-refractivity contribution in [2.45, 2.75) is 25.8 Å². The molecule has 118 valence electrons. The third-order valence-electron chi connectivity index (χ3n) is 3.86. The van der Waals surface area contributed by atoms with Gasteiger partial charge in [-0.2, -0.15) is 9.36 Å². The van der Waals surface area contributed by atoms with E-state index in [0.29, 0.717) is 11.7 Å². The molecule has 3 heterocycles. The van der Waals surface area contributed by atoms with Gasteiger partial charge in [0.05, 0.1) is 0 Å². The molecular weight excluding hydrogens is 378 g/mol. The molecule has 4 rings (SSSR count). The summed E-state index contributed by atoms with van der Waals surface area (Å²) in [7, 11) is 0. The summed E-state index contributed by atoms with van der Waals surface area (Å²) < 4.78 is 10.8. The van der Waals surface area contributed by atoms with Crippen molar-refractivity contribution in [3.8, 4) is 11.4 Å². The molecule has 0 radical (unpaired) electrons. The highest BCUT2D eigenvalue weighted by Crippen LogP contribution is 2.37. The van der Waals surface area contributed by atoms with Gasteiger partial charge in [0.2, 0.25) is 16.8 Å². The van der Waals surface area contributed by atoms with Crippen LogP contribution in [0.2, 0.25) is 0 Å². The van der Waals surface area contributed by atoms with Crippen LogP contribution < -0.4 is 4.90 Å². The molecule has 3 aromatic rings. The van der Waals surface area contributed by atoms with Crippen molar-refractivity contribution in [3.63, 3.8) is 0 Å². The maximum absolute atomic E-state index is 5.55. The second-order valence-electron chi connectivity index (χ2n) is 5.41. The molecule has 6 nitrogen and oxygen atoms in total. The van der Waals surface area contributed by atoms with Crippen LogP contribution in [0.4, 0.5) is 5.13 Å². The molecule has 23 heavy (non-hydrogen) atoms. The van der Waals surface area contributed by atoms with Gasteiger partial charge in [-0.3, -0.25) is 0 Å². The maximum atomic E-state index is 5.55. The molecule has 1 aromatic carbocycles. The molecule has 1 aliphatic rings. The minimum absolute atomic E-state index is 0.0751. The predicted molar refractivity (Wildman–Crippen MR) is 91.4 cm³/mol.